The predicted molar refractivity (Wildman–Crippen MR) is 147 cm³/mol. The van der Waals surface area contributed by atoms with Crippen molar-refractivity contribution in [2.75, 3.05) is 45.9 Å². The van der Waals surface area contributed by atoms with Crippen LogP contribution in [0.5, 0.6) is 5.75 Å². The van der Waals surface area contributed by atoms with E-state index in [0.717, 1.165) is 37.3 Å². The van der Waals surface area contributed by atoms with E-state index in [9.17, 15) is 14.3 Å². The fraction of sp³-hybridized carbons (Fsp3) is 0.333. The molecule has 2 atom stereocenters. The van der Waals surface area contributed by atoms with Gasteiger partial charge in [-0.25, -0.2) is 9.37 Å². The maximum Gasteiger partial charge on any atom is 0.234 e. The molecule has 1 aromatic heterocycles. The van der Waals surface area contributed by atoms with Crippen LogP contribution >= 0.6 is 0 Å². The van der Waals surface area contributed by atoms with E-state index in [-0.39, 0.29) is 24.4 Å². The molecule has 0 unspecified atom stereocenters. The van der Waals surface area contributed by atoms with Crippen molar-refractivity contribution >= 4 is 17.0 Å². The SMILES string of the molecule is C[C@@H](NC(=O)CN1CCN(C[C@@H](O)COc2ccc3oc(-c4ccccc4)nc3c2)CC1)c1ccc(F)cc1. The molecule has 5 rings (SSSR count). The van der Waals surface area contributed by atoms with Gasteiger partial charge in [0.15, 0.2) is 5.58 Å². The van der Waals surface area contributed by atoms with Gasteiger partial charge >= 0.3 is 0 Å². The van der Waals surface area contributed by atoms with Crippen molar-refractivity contribution < 1.29 is 23.4 Å². The summed E-state index contributed by atoms with van der Waals surface area (Å²) in [7, 11) is 0. The number of benzene rings is 3. The predicted octanol–water partition coefficient (Wildman–Crippen LogP) is 3.87. The normalized spacial score (nSPS) is 16.2. The van der Waals surface area contributed by atoms with Crippen molar-refractivity contribution in [2.45, 2.75) is 19.1 Å². The first kappa shape index (κ1) is 26.8. The number of aliphatic hydroxyl groups is 1. The van der Waals surface area contributed by atoms with Crippen LogP contribution in [0.3, 0.4) is 0 Å². The molecule has 1 saturated heterocycles. The number of β-amino-alcohol motifs (C(OH)–C–C–N with tert-alkyl or cyclic N) is 1. The Morgan fingerprint density at radius 3 is 2.51 bits per heavy atom. The van der Waals surface area contributed by atoms with Crippen LogP contribution in [-0.4, -0.2) is 77.8 Å². The van der Waals surface area contributed by atoms with Crippen LogP contribution in [0.2, 0.25) is 0 Å². The van der Waals surface area contributed by atoms with Crippen molar-refractivity contribution in [1.82, 2.24) is 20.1 Å². The third-order valence-corrected chi connectivity index (χ3v) is 6.87. The fourth-order valence-corrected chi connectivity index (χ4v) is 4.70. The highest BCUT2D eigenvalue weighted by Crippen LogP contribution is 2.27. The van der Waals surface area contributed by atoms with E-state index in [0.29, 0.717) is 35.8 Å². The van der Waals surface area contributed by atoms with Gasteiger partial charge in [-0.05, 0) is 48.9 Å². The number of nitrogens with zero attached hydrogens (tertiary/aromatic N) is 3. The highest BCUT2D eigenvalue weighted by atomic mass is 19.1. The molecule has 4 aromatic rings. The highest BCUT2D eigenvalue weighted by molar-refractivity contribution is 5.78. The Balaban J connectivity index is 1.03. The maximum absolute atomic E-state index is 13.1. The van der Waals surface area contributed by atoms with E-state index in [1.54, 1.807) is 12.1 Å². The molecule has 0 saturated carbocycles. The van der Waals surface area contributed by atoms with Gasteiger partial charge in [-0.1, -0.05) is 30.3 Å². The number of piperazine rings is 1. The summed E-state index contributed by atoms with van der Waals surface area (Å²) < 4.78 is 24.8. The van der Waals surface area contributed by atoms with Gasteiger partial charge in [0.25, 0.3) is 0 Å². The number of carbonyl (C=O) groups excluding carboxylic acids is 1. The fourth-order valence-electron chi connectivity index (χ4n) is 4.70. The van der Waals surface area contributed by atoms with Gasteiger partial charge in [0.05, 0.1) is 12.6 Å². The van der Waals surface area contributed by atoms with Gasteiger partial charge in [0.2, 0.25) is 11.8 Å². The number of aliphatic hydroxyl groups excluding tert-OH is 1. The van der Waals surface area contributed by atoms with Gasteiger partial charge in [0.1, 0.15) is 29.8 Å². The van der Waals surface area contributed by atoms with Crippen molar-refractivity contribution in [3.63, 3.8) is 0 Å². The number of hydrogen-bond donors (Lipinski definition) is 2. The molecule has 1 fully saturated rings. The lowest BCUT2D eigenvalue weighted by molar-refractivity contribution is -0.123. The molecule has 3 aromatic carbocycles. The zero-order valence-corrected chi connectivity index (χ0v) is 21.9. The standard InChI is InChI=1S/C30H33FN4O4/c1-21(22-7-9-24(31)10-8-22)32-29(37)19-35-15-13-34(14-16-35)18-25(36)20-38-26-11-12-28-27(17-26)33-30(39-28)23-5-3-2-4-6-23/h2-12,17,21,25,36H,13-16,18-20H2,1H3,(H,32,37)/t21-,25-/m1/s1. The summed E-state index contributed by atoms with van der Waals surface area (Å²) in [5.41, 5.74) is 3.15. The molecule has 1 aliphatic heterocycles. The maximum atomic E-state index is 13.1. The lowest BCUT2D eigenvalue weighted by Gasteiger charge is -2.35. The highest BCUT2D eigenvalue weighted by Gasteiger charge is 2.22. The minimum atomic E-state index is -0.649. The van der Waals surface area contributed by atoms with Crippen molar-refractivity contribution in [3.05, 3.63) is 84.2 Å². The van der Waals surface area contributed by atoms with Gasteiger partial charge in [0, 0.05) is 44.4 Å². The number of ether oxygens (including phenoxy) is 1. The van der Waals surface area contributed by atoms with E-state index in [1.165, 1.54) is 12.1 Å². The Hall–Kier alpha value is -3.79. The second-order valence-corrected chi connectivity index (χ2v) is 9.90. The Bertz CT molecular complexity index is 1370. The molecule has 0 bridgehead atoms. The number of carbonyl (C=O) groups is 1. The first-order chi connectivity index (χ1) is 18.9. The number of amides is 1. The lowest BCUT2D eigenvalue weighted by atomic mass is 10.1. The van der Waals surface area contributed by atoms with Gasteiger partial charge in [-0.3, -0.25) is 14.6 Å². The first-order valence-corrected chi connectivity index (χ1v) is 13.2. The Kier molecular flexibility index (Phi) is 8.51. The summed E-state index contributed by atoms with van der Waals surface area (Å²) in [5.74, 6) is 0.827. The lowest BCUT2D eigenvalue weighted by Crippen LogP contribution is -2.51. The molecule has 39 heavy (non-hydrogen) atoms. The zero-order chi connectivity index (χ0) is 27.2. The first-order valence-electron chi connectivity index (χ1n) is 13.2. The molecule has 0 radical (unpaired) electrons. The van der Waals surface area contributed by atoms with E-state index in [4.69, 9.17) is 9.15 Å². The Morgan fingerprint density at radius 2 is 1.77 bits per heavy atom. The molecule has 2 N–H and O–H groups in total. The zero-order valence-electron chi connectivity index (χ0n) is 21.9. The molecule has 0 aliphatic carbocycles. The second kappa shape index (κ2) is 12.4. The number of halogens is 1. The number of nitrogens with one attached hydrogen (secondary N) is 1. The largest absolute Gasteiger partial charge is 0.491 e. The monoisotopic (exact) mass is 532 g/mol. The molecular formula is C30H33FN4O4. The summed E-state index contributed by atoms with van der Waals surface area (Å²) in [6, 6.07) is 21.2. The van der Waals surface area contributed by atoms with E-state index in [2.05, 4.69) is 20.1 Å². The molecule has 0 spiro atoms. The van der Waals surface area contributed by atoms with Crippen LogP contribution in [0, 0.1) is 5.82 Å². The number of rotatable bonds is 10. The van der Waals surface area contributed by atoms with Crippen molar-refractivity contribution in [2.24, 2.45) is 0 Å². The number of hydrogen-bond acceptors (Lipinski definition) is 7. The third-order valence-electron chi connectivity index (χ3n) is 6.87. The minimum Gasteiger partial charge on any atom is -0.491 e. The average Bonchev–Trinajstić information content (AvgIpc) is 3.37. The van der Waals surface area contributed by atoms with Crippen molar-refractivity contribution in [1.29, 1.82) is 0 Å². The smallest absolute Gasteiger partial charge is 0.234 e. The van der Waals surface area contributed by atoms with Crippen LogP contribution in [0.1, 0.15) is 18.5 Å². The van der Waals surface area contributed by atoms with Crippen LogP contribution in [-0.2, 0) is 4.79 Å². The summed E-state index contributed by atoms with van der Waals surface area (Å²) in [5, 5.41) is 13.5. The van der Waals surface area contributed by atoms with Gasteiger partial charge in [-0.15, -0.1) is 0 Å². The van der Waals surface area contributed by atoms with Crippen LogP contribution < -0.4 is 10.1 Å². The van der Waals surface area contributed by atoms with Crippen LogP contribution in [0.4, 0.5) is 4.39 Å². The molecule has 8 nitrogen and oxygen atoms in total. The number of fused-ring (bicyclic) bond motifs is 1. The van der Waals surface area contributed by atoms with Gasteiger partial charge in [-0.2, -0.15) is 0 Å². The van der Waals surface area contributed by atoms with E-state index < -0.39 is 6.10 Å². The average molecular weight is 533 g/mol. The number of aromatic nitrogens is 1. The van der Waals surface area contributed by atoms with Crippen molar-refractivity contribution in [3.8, 4) is 17.2 Å². The van der Waals surface area contributed by atoms with E-state index >= 15 is 0 Å². The third kappa shape index (κ3) is 7.20. The molecule has 9 heteroatoms. The minimum absolute atomic E-state index is 0.0614. The second-order valence-electron chi connectivity index (χ2n) is 9.90. The Morgan fingerprint density at radius 1 is 1.05 bits per heavy atom. The molecule has 1 amide bonds. The summed E-state index contributed by atoms with van der Waals surface area (Å²) >= 11 is 0. The number of oxazole rings is 1. The Labute approximate surface area is 227 Å². The summed E-state index contributed by atoms with van der Waals surface area (Å²) in [6.07, 6.45) is -0.649. The summed E-state index contributed by atoms with van der Waals surface area (Å²) in [6.45, 7) is 5.83. The molecule has 1 aliphatic rings. The quantitative estimate of drug-likeness (QED) is 0.321. The van der Waals surface area contributed by atoms with E-state index in [1.807, 2.05) is 55.5 Å². The van der Waals surface area contributed by atoms with Crippen LogP contribution in [0.15, 0.2) is 77.2 Å². The molecular weight excluding hydrogens is 499 g/mol. The van der Waals surface area contributed by atoms with Gasteiger partial charge < -0.3 is 19.6 Å². The molecule has 2 heterocycles. The topological polar surface area (TPSA) is 91.1 Å². The van der Waals surface area contributed by atoms with Crippen LogP contribution in [0.25, 0.3) is 22.6 Å². The molecule has 204 valence electrons. The summed E-state index contributed by atoms with van der Waals surface area (Å²) in [4.78, 5) is 21.3.